The van der Waals surface area contributed by atoms with E-state index in [1.54, 1.807) is 6.07 Å². The lowest BCUT2D eigenvalue weighted by Crippen LogP contribution is -2.34. The minimum atomic E-state index is -0.292. The molecular weight excluding hydrogens is 374 g/mol. The number of hydrogen-bond acceptors (Lipinski definition) is 4. The Labute approximate surface area is 169 Å². The Morgan fingerprint density at radius 2 is 1.93 bits per heavy atom. The summed E-state index contributed by atoms with van der Waals surface area (Å²) in [4.78, 5) is 14.3. The molecule has 1 aliphatic heterocycles. The van der Waals surface area contributed by atoms with Crippen molar-refractivity contribution < 1.29 is 9.15 Å². The molecule has 0 saturated heterocycles. The number of rotatable bonds is 5. The van der Waals surface area contributed by atoms with Crippen LogP contribution in [0.15, 0.2) is 45.6 Å². The van der Waals surface area contributed by atoms with E-state index in [4.69, 9.17) is 20.8 Å². The molecule has 3 aromatic rings. The van der Waals surface area contributed by atoms with E-state index in [1.807, 2.05) is 19.1 Å². The number of halogens is 1. The van der Waals surface area contributed by atoms with E-state index in [0.717, 1.165) is 65.2 Å². The average molecular weight is 398 g/mol. The summed E-state index contributed by atoms with van der Waals surface area (Å²) in [5.41, 5.74) is 4.75. The molecule has 2 aromatic carbocycles. The number of nitrogens with zero attached hydrogens (tertiary/aromatic N) is 1. The Hall–Kier alpha value is -2.30. The number of hydrogen-bond donors (Lipinski definition) is 0. The quantitative estimate of drug-likeness (QED) is 0.561. The molecule has 0 radical (unpaired) electrons. The van der Waals surface area contributed by atoms with Crippen LogP contribution in [-0.2, 0) is 19.4 Å². The number of benzene rings is 2. The van der Waals surface area contributed by atoms with Crippen LogP contribution >= 0.6 is 11.6 Å². The zero-order valence-corrected chi connectivity index (χ0v) is 17.0. The van der Waals surface area contributed by atoms with Gasteiger partial charge in [0.05, 0.1) is 0 Å². The fourth-order valence-corrected chi connectivity index (χ4v) is 4.02. The number of fused-ring (bicyclic) bond motifs is 2. The smallest absolute Gasteiger partial charge is 0.336 e. The van der Waals surface area contributed by atoms with Crippen molar-refractivity contribution in [3.8, 4) is 5.75 Å². The summed E-state index contributed by atoms with van der Waals surface area (Å²) in [6.45, 7) is 6.36. The van der Waals surface area contributed by atoms with Crippen LogP contribution in [0.2, 0.25) is 5.02 Å². The van der Waals surface area contributed by atoms with Gasteiger partial charge in [-0.2, -0.15) is 0 Å². The molecule has 0 spiro atoms. The molecule has 4 rings (SSSR count). The fraction of sp³-hybridized carbons (Fsp3) is 0.348. The van der Waals surface area contributed by atoms with Crippen molar-refractivity contribution >= 4 is 22.6 Å². The molecular formula is C23H24ClNO3. The Morgan fingerprint density at radius 1 is 1.14 bits per heavy atom. The standard InChI is InChI=1S/C23H24ClNO3/c1-3-4-17-12-21(26)28-23-15(2)22-18(11-20(17)23)13-25(14-27-22)10-9-16-5-7-19(24)8-6-16/h5-8,11-12H,3-4,9-10,13-14H2,1-2H3. The van der Waals surface area contributed by atoms with Crippen molar-refractivity contribution in [3.05, 3.63) is 74.1 Å². The Balaban J connectivity index is 1.60. The van der Waals surface area contributed by atoms with Gasteiger partial charge in [0.15, 0.2) is 0 Å². The first-order chi connectivity index (χ1) is 13.5. The summed E-state index contributed by atoms with van der Waals surface area (Å²) in [6, 6.07) is 11.8. The number of ether oxygens (including phenoxy) is 1. The number of aryl methyl sites for hydroxylation is 2. The lowest BCUT2D eigenvalue weighted by atomic mass is 9.98. The van der Waals surface area contributed by atoms with Crippen LogP contribution in [0.5, 0.6) is 5.75 Å². The Kier molecular flexibility index (Phi) is 5.42. The molecule has 2 heterocycles. The van der Waals surface area contributed by atoms with E-state index in [9.17, 15) is 4.79 Å². The summed E-state index contributed by atoms with van der Waals surface area (Å²) in [6.07, 6.45) is 2.79. The summed E-state index contributed by atoms with van der Waals surface area (Å²) in [5, 5.41) is 1.79. The van der Waals surface area contributed by atoms with E-state index in [-0.39, 0.29) is 5.63 Å². The van der Waals surface area contributed by atoms with Crippen LogP contribution in [0.25, 0.3) is 11.0 Å². The van der Waals surface area contributed by atoms with E-state index in [2.05, 4.69) is 30.0 Å². The van der Waals surface area contributed by atoms with Crippen LogP contribution in [0.1, 0.15) is 35.6 Å². The zero-order valence-electron chi connectivity index (χ0n) is 16.3. The van der Waals surface area contributed by atoms with Gasteiger partial charge in [0.25, 0.3) is 0 Å². The highest BCUT2D eigenvalue weighted by atomic mass is 35.5. The molecule has 0 amide bonds. The third-order valence-corrected chi connectivity index (χ3v) is 5.56. The summed E-state index contributed by atoms with van der Waals surface area (Å²) in [5.74, 6) is 0.854. The second-order valence-corrected chi connectivity index (χ2v) is 7.85. The molecule has 0 N–H and O–H groups in total. The first-order valence-electron chi connectivity index (χ1n) is 9.74. The maximum atomic E-state index is 12.0. The topological polar surface area (TPSA) is 42.7 Å². The van der Waals surface area contributed by atoms with Crippen molar-refractivity contribution in [2.45, 2.75) is 39.7 Å². The first-order valence-corrected chi connectivity index (χ1v) is 10.1. The highest BCUT2D eigenvalue weighted by Gasteiger charge is 2.22. The van der Waals surface area contributed by atoms with E-state index < -0.39 is 0 Å². The zero-order chi connectivity index (χ0) is 19.7. The minimum Gasteiger partial charge on any atom is -0.477 e. The Morgan fingerprint density at radius 3 is 2.68 bits per heavy atom. The second kappa shape index (κ2) is 7.98. The van der Waals surface area contributed by atoms with Crippen molar-refractivity contribution in [1.29, 1.82) is 0 Å². The average Bonchev–Trinajstić information content (AvgIpc) is 2.69. The van der Waals surface area contributed by atoms with Gasteiger partial charge in [-0.1, -0.05) is 37.1 Å². The highest BCUT2D eigenvalue weighted by Crippen LogP contribution is 2.36. The van der Waals surface area contributed by atoms with Crippen LogP contribution in [0.3, 0.4) is 0 Å². The van der Waals surface area contributed by atoms with Crippen molar-refractivity contribution in [2.24, 2.45) is 0 Å². The lowest BCUT2D eigenvalue weighted by molar-refractivity contribution is 0.0959. The molecule has 0 unspecified atom stereocenters. The van der Waals surface area contributed by atoms with Gasteiger partial charge in [-0.3, -0.25) is 4.90 Å². The minimum absolute atomic E-state index is 0.292. The third kappa shape index (κ3) is 3.80. The SMILES string of the molecule is CCCc1cc(=O)oc2c(C)c3c(cc12)CN(CCc1ccc(Cl)cc1)CO3. The molecule has 0 saturated carbocycles. The normalized spacial score (nSPS) is 14.1. The molecule has 0 fully saturated rings. The summed E-state index contributed by atoms with van der Waals surface area (Å²) >= 11 is 5.97. The van der Waals surface area contributed by atoms with Gasteiger partial charge < -0.3 is 9.15 Å². The van der Waals surface area contributed by atoms with Gasteiger partial charge in [-0.25, -0.2) is 4.79 Å². The molecule has 0 atom stereocenters. The molecule has 146 valence electrons. The molecule has 1 aliphatic rings. The maximum absolute atomic E-state index is 12.0. The van der Waals surface area contributed by atoms with E-state index in [0.29, 0.717) is 12.3 Å². The fourth-order valence-electron chi connectivity index (χ4n) is 3.89. The molecule has 4 nitrogen and oxygen atoms in total. The molecule has 1 aromatic heterocycles. The van der Waals surface area contributed by atoms with E-state index in [1.165, 1.54) is 5.56 Å². The van der Waals surface area contributed by atoms with Gasteiger partial charge in [-0.05, 0) is 49.1 Å². The van der Waals surface area contributed by atoms with Crippen molar-refractivity contribution in [2.75, 3.05) is 13.3 Å². The van der Waals surface area contributed by atoms with Gasteiger partial charge in [0, 0.05) is 40.7 Å². The predicted octanol–water partition coefficient (Wildman–Crippen LogP) is 5.10. The van der Waals surface area contributed by atoms with Gasteiger partial charge in [0.1, 0.15) is 18.1 Å². The highest BCUT2D eigenvalue weighted by molar-refractivity contribution is 6.30. The van der Waals surface area contributed by atoms with Crippen molar-refractivity contribution in [3.63, 3.8) is 0 Å². The monoisotopic (exact) mass is 397 g/mol. The lowest BCUT2D eigenvalue weighted by Gasteiger charge is -2.30. The predicted molar refractivity (Wildman–Crippen MR) is 112 cm³/mol. The largest absolute Gasteiger partial charge is 0.477 e. The van der Waals surface area contributed by atoms with Crippen LogP contribution in [0.4, 0.5) is 0 Å². The van der Waals surface area contributed by atoms with Gasteiger partial charge in [0.2, 0.25) is 0 Å². The molecule has 5 heteroatoms. The maximum Gasteiger partial charge on any atom is 0.336 e. The van der Waals surface area contributed by atoms with Gasteiger partial charge >= 0.3 is 5.63 Å². The van der Waals surface area contributed by atoms with Crippen LogP contribution in [-0.4, -0.2) is 18.2 Å². The summed E-state index contributed by atoms with van der Waals surface area (Å²) < 4.78 is 11.6. The summed E-state index contributed by atoms with van der Waals surface area (Å²) in [7, 11) is 0. The first kappa shape index (κ1) is 19.0. The van der Waals surface area contributed by atoms with Gasteiger partial charge in [-0.15, -0.1) is 0 Å². The molecule has 0 aliphatic carbocycles. The van der Waals surface area contributed by atoms with Crippen LogP contribution < -0.4 is 10.4 Å². The Bertz CT molecular complexity index is 1060. The van der Waals surface area contributed by atoms with E-state index >= 15 is 0 Å². The second-order valence-electron chi connectivity index (χ2n) is 7.41. The third-order valence-electron chi connectivity index (χ3n) is 5.31. The van der Waals surface area contributed by atoms with Crippen molar-refractivity contribution in [1.82, 2.24) is 4.90 Å². The van der Waals surface area contributed by atoms with Crippen LogP contribution in [0, 0.1) is 6.92 Å². The molecule has 0 bridgehead atoms. The molecule has 28 heavy (non-hydrogen) atoms.